The van der Waals surface area contributed by atoms with Gasteiger partial charge >= 0.3 is 12.0 Å². The number of benzene rings is 1. The summed E-state index contributed by atoms with van der Waals surface area (Å²) in [5.74, 6) is 0.0772. The number of piperazine rings is 1. The van der Waals surface area contributed by atoms with E-state index in [2.05, 4.69) is 10.2 Å². The number of carbonyl (C=O) groups is 2. The SMILES string of the molecule is O=C(O)CCC(Cc1ccccc1)NC(=O)N1CCN(Cc2ccco2)CC1. The van der Waals surface area contributed by atoms with Crippen LogP contribution in [0.15, 0.2) is 53.1 Å². The van der Waals surface area contributed by atoms with Gasteiger partial charge in [0.1, 0.15) is 5.76 Å². The van der Waals surface area contributed by atoms with Crippen molar-refractivity contribution in [1.29, 1.82) is 0 Å². The first kappa shape index (κ1) is 19.9. The van der Waals surface area contributed by atoms with Crippen LogP contribution in [0.5, 0.6) is 0 Å². The second-order valence-corrected chi connectivity index (χ2v) is 7.11. The third kappa shape index (κ3) is 6.13. The zero-order valence-electron chi connectivity index (χ0n) is 15.9. The molecule has 3 rings (SSSR count). The van der Waals surface area contributed by atoms with Crippen LogP contribution in [-0.4, -0.2) is 59.1 Å². The van der Waals surface area contributed by atoms with Gasteiger partial charge < -0.3 is 19.7 Å². The minimum Gasteiger partial charge on any atom is -0.481 e. The summed E-state index contributed by atoms with van der Waals surface area (Å²) in [5.41, 5.74) is 1.08. The maximum absolute atomic E-state index is 12.7. The van der Waals surface area contributed by atoms with Crippen LogP contribution in [0.3, 0.4) is 0 Å². The monoisotopic (exact) mass is 385 g/mol. The Kier molecular flexibility index (Phi) is 7.08. The van der Waals surface area contributed by atoms with Crippen molar-refractivity contribution in [2.75, 3.05) is 26.2 Å². The average Bonchev–Trinajstić information content (AvgIpc) is 3.20. The number of aliphatic carboxylic acids is 1. The van der Waals surface area contributed by atoms with Crippen LogP contribution in [0.4, 0.5) is 4.79 Å². The van der Waals surface area contributed by atoms with Crippen LogP contribution in [0.1, 0.15) is 24.2 Å². The number of furan rings is 1. The fraction of sp³-hybridized carbons (Fsp3) is 0.429. The molecule has 2 N–H and O–H groups in total. The van der Waals surface area contributed by atoms with E-state index in [9.17, 15) is 9.59 Å². The Morgan fingerprint density at radius 2 is 1.82 bits per heavy atom. The molecular formula is C21H27N3O4. The van der Waals surface area contributed by atoms with Gasteiger partial charge in [0.05, 0.1) is 12.8 Å². The predicted molar refractivity (Wildman–Crippen MR) is 105 cm³/mol. The Morgan fingerprint density at radius 3 is 2.46 bits per heavy atom. The normalized spacial score (nSPS) is 15.9. The van der Waals surface area contributed by atoms with Crippen LogP contribution in [0.2, 0.25) is 0 Å². The Labute approximate surface area is 164 Å². The number of urea groups is 1. The maximum atomic E-state index is 12.7. The van der Waals surface area contributed by atoms with Crippen LogP contribution >= 0.6 is 0 Å². The molecule has 2 heterocycles. The lowest BCUT2D eigenvalue weighted by Crippen LogP contribution is -2.53. The first-order chi connectivity index (χ1) is 13.6. The number of carboxylic acids is 1. The molecule has 150 valence electrons. The highest BCUT2D eigenvalue weighted by molar-refractivity contribution is 5.75. The van der Waals surface area contributed by atoms with Gasteiger partial charge in [0.25, 0.3) is 0 Å². The molecule has 2 aromatic rings. The summed E-state index contributed by atoms with van der Waals surface area (Å²) in [6.07, 6.45) is 2.74. The summed E-state index contributed by atoms with van der Waals surface area (Å²) in [4.78, 5) is 27.7. The van der Waals surface area contributed by atoms with E-state index in [1.54, 1.807) is 11.2 Å². The lowest BCUT2D eigenvalue weighted by atomic mass is 10.0. The smallest absolute Gasteiger partial charge is 0.317 e. The summed E-state index contributed by atoms with van der Waals surface area (Å²) in [6, 6.07) is 13.3. The Bertz CT molecular complexity index is 740. The lowest BCUT2D eigenvalue weighted by Gasteiger charge is -2.35. The zero-order chi connectivity index (χ0) is 19.8. The summed E-state index contributed by atoms with van der Waals surface area (Å²) in [6.45, 7) is 3.60. The number of nitrogens with zero attached hydrogens (tertiary/aromatic N) is 2. The number of hydrogen-bond acceptors (Lipinski definition) is 4. The van der Waals surface area contributed by atoms with Gasteiger partial charge in [-0.05, 0) is 30.5 Å². The van der Waals surface area contributed by atoms with Crippen LogP contribution in [-0.2, 0) is 17.8 Å². The molecule has 0 spiro atoms. The quantitative estimate of drug-likeness (QED) is 0.729. The molecule has 0 saturated carbocycles. The minimum atomic E-state index is -0.848. The van der Waals surface area contributed by atoms with Gasteiger partial charge in [-0.3, -0.25) is 9.69 Å². The van der Waals surface area contributed by atoms with E-state index >= 15 is 0 Å². The summed E-state index contributed by atoms with van der Waals surface area (Å²) in [7, 11) is 0. The van der Waals surface area contributed by atoms with Crippen molar-refractivity contribution >= 4 is 12.0 Å². The minimum absolute atomic E-state index is 0.0364. The highest BCUT2D eigenvalue weighted by Crippen LogP contribution is 2.11. The Morgan fingerprint density at radius 1 is 1.07 bits per heavy atom. The Balaban J connectivity index is 1.50. The molecule has 1 aromatic heterocycles. The number of hydrogen-bond donors (Lipinski definition) is 2. The van der Waals surface area contributed by atoms with E-state index in [0.717, 1.165) is 31.0 Å². The van der Waals surface area contributed by atoms with Crippen molar-refractivity contribution in [3.8, 4) is 0 Å². The molecule has 1 aromatic carbocycles. The molecule has 0 aliphatic carbocycles. The highest BCUT2D eigenvalue weighted by Gasteiger charge is 2.24. The van der Waals surface area contributed by atoms with E-state index in [1.165, 1.54) is 0 Å². The Hall–Kier alpha value is -2.80. The largest absolute Gasteiger partial charge is 0.481 e. The number of rotatable bonds is 8. The van der Waals surface area contributed by atoms with Crippen LogP contribution in [0.25, 0.3) is 0 Å². The maximum Gasteiger partial charge on any atom is 0.317 e. The van der Waals surface area contributed by atoms with Gasteiger partial charge in [-0.1, -0.05) is 30.3 Å². The van der Waals surface area contributed by atoms with Crippen molar-refractivity contribution < 1.29 is 19.1 Å². The molecule has 7 nitrogen and oxygen atoms in total. The number of carbonyl (C=O) groups excluding carboxylic acids is 1. The molecule has 1 unspecified atom stereocenters. The van der Waals surface area contributed by atoms with E-state index in [0.29, 0.717) is 25.9 Å². The molecule has 28 heavy (non-hydrogen) atoms. The third-order valence-corrected chi connectivity index (χ3v) is 4.98. The van der Waals surface area contributed by atoms with Crippen molar-refractivity contribution in [2.24, 2.45) is 0 Å². The molecule has 1 aliphatic heterocycles. The highest BCUT2D eigenvalue weighted by atomic mass is 16.4. The molecule has 1 fully saturated rings. The molecule has 0 radical (unpaired) electrons. The fourth-order valence-electron chi connectivity index (χ4n) is 3.42. The van der Waals surface area contributed by atoms with Gasteiger partial charge in [0.2, 0.25) is 0 Å². The van der Waals surface area contributed by atoms with Crippen LogP contribution in [0, 0.1) is 0 Å². The lowest BCUT2D eigenvalue weighted by molar-refractivity contribution is -0.137. The first-order valence-electron chi connectivity index (χ1n) is 9.66. The second kappa shape index (κ2) is 9.94. The van der Waals surface area contributed by atoms with E-state index in [1.807, 2.05) is 42.5 Å². The fourth-order valence-corrected chi connectivity index (χ4v) is 3.42. The molecule has 1 saturated heterocycles. The topological polar surface area (TPSA) is 86.0 Å². The van der Waals surface area contributed by atoms with Crippen molar-refractivity contribution in [2.45, 2.75) is 31.8 Å². The average molecular weight is 385 g/mol. The number of amides is 2. The predicted octanol–water partition coefficient (Wildman–Crippen LogP) is 2.58. The summed E-state index contributed by atoms with van der Waals surface area (Å²) in [5, 5.41) is 12.0. The summed E-state index contributed by atoms with van der Waals surface area (Å²) >= 11 is 0. The first-order valence-corrected chi connectivity index (χ1v) is 9.66. The molecule has 2 amide bonds. The molecule has 1 aliphatic rings. The van der Waals surface area contributed by atoms with Gasteiger partial charge in [0.15, 0.2) is 0 Å². The third-order valence-electron chi connectivity index (χ3n) is 4.98. The van der Waals surface area contributed by atoms with E-state index in [-0.39, 0.29) is 18.5 Å². The van der Waals surface area contributed by atoms with Crippen LogP contribution < -0.4 is 5.32 Å². The standard InChI is InChI=1S/C21H27N3O4/c25-20(26)9-8-18(15-17-5-2-1-3-6-17)22-21(27)24-12-10-23(11-13-24)16-19-7-4-14-28-19/h1-7,14,18H,8-13,15-16H2,(H,22,27)(H,25,26). The van der Waals surface area contributed by atoms with E-state index < -0.39 is 5.97 Å². The molecular weight excluding hydrogens is 358 g/mol. The van der Waals surface area contributed by atoms with Gasteiger partial charge in [-0.25, -0.2) is 4.79 Å². The van der Waals surface area contributed by atoms with Crippen molar-refractivity contribution in [3.05, 3.63) is 60.1 Å². The van der Waals surface area contributed by atoms with Gasteiger partial charge in [0, 0.05) is 38.6 Å². The number of carboxylic acid groups (broad SMARTS) is 1. The zero-order valence-corrected chi connectivity index (χ0v) is 15.9. The van der Waals surface area contributed by atoms with Gasteiger partial charge in [-0.2, -0.15) is 0 Å². The number of nitrogens with one attached hydrogen (secondary N) is 1. The molecule has 7 heteroatoms. The molecule has 0 bridgehead atoms. The van der Waals surface area contributed by atoms with E-state index in [4.69, 9.17) is 9.52 Å². The second-order valence-electron chi connectivity index (χ2n) is 7.11. The summed E-state index contributed by atoms with van der Waals surface area (Å²) < 4.78 is 5.38. The van der Waals surface area contributed by atoms with Crippen molar-refractivity contribution in [1.82, 2.24) is 15.1 Å². The molecule has 1 atom stereocenters. The van der Waals surface area contributed by atoms with Gasteiger partial charge in [-0.15, -0.1) is 0 Å². The van der Waals surface area contributed by atoms with Crippen molar-refractivity contribution in [3.63, 3.8) is 0 Å².